The molecule has 2 fully saturated rings. The van der Waals surface area contributed by atoms with E-state index in [2.05, 4.69) is 26.1 Å². The summed E-state index contributed by atoms with van der Waals surface area (Å²) < 4.78 is 6.28. The second-order valence-electron chi connectivity index (χ2n) is 9.16. The van der Waals surface area contributed by atoms with Crippen LogP contribution in [0.5, 0.6) is 0 Å². The second-order valence-corrected chi connectivity index (χ2v) is 10.1. The van der Waals surface area contributed by atoms with Crippen LogP contribution in [-0.2, 0) is 4.79 Å². The van der Waals surface area contributed by atoms with E-state index in [1.165, 1.54) is 12.8 Å². The second kappa shape index (κ2) is 8.90. The third-order valence-corrected chi connectivity index (χ3v) is 8.02. The number of carbonyl (C=O) groups is 1. The molecule has 1 atom stereocenters. The number of hydrogen-bond donors (Lipinski definition) is 2. The minimum atomic E-state index is -0.449. The van der Waals surface area contributed by atoms with Crippen molar-refractivity contribution < 1.29 is 9.21 Å². The molecule has 34 heavy (non-hydrogen) atoms. The van der Waals surface area contributed by atoms with Gasteiger partial charge in [-0.05, 0) is 44.6 Å². The molecule has 0 saturated carbocycles. The first-order chi connectivity index (χ1) is 16.7. The SMILES string of the molecule is NC(=O)C1=CSC(c2cn[nH]c2)N1c1cc2oc(N3CCCCC3)nc2cc1N1CCCCC1. The Bertz CT molecular complexity index is 1210. The number of fused-ring (bicyclic) bond motifs is 1. The van der Waals surface area contributed by atoms with E-state index in [-0.39, 0.29) is 5.37 Å². The molecular weight excluding hydrogens is 450 g/mol. The van der Waals surface area contributed by atoms with Gasteiger partial charge in [0, 0.05) is 49.4 Å². The van der Waals surface area contributed by atoms with E-state index in [1.807, 2.05) is 22.6 Å². The fourth-order valence-electron chi connectivity index (χ4n) is 5.17. The van der Waals surface area contributed by atoms with Crippen molar-refractivity contribution in [3.8, 4) is 0 Å². The van der Waals surface area contributed by atoms with Crippen LogP contribution in [0.15, 0.2) is 40.0 Å². The van der Waals surface area contributed by atoms with Gasteiger partial charge in [0.25, 0.3) is 11.9 Å². The average Bonchev–Trinajstić information content (AvgIpc) is 3.63. The summed E-state index contributed by atoms with van der Waals surface area (Å²) in [5, 5.41) is 8.73. The summed E-state index contributed by atoms with van der Waals surface area (Å²) in [5.41, 5.74) is 10.8. The van der Waals surface area contributed by atoms with Gasteiger partial charge in [0.2, 0.25) is 0 Å². The van der Waals surface area contributed by atoms with Crippen LogP contribution in [0, 0.1) is 0 Å². The van der Waals surface area contributed by atoms with Crippen molar-refractivity contribution in [2.45, 2.75) is 43.9 Å². The lowest BCUT2D eigenvalue weighted by Crippen LogP contribution is -2.34. The number of piperidine rings is 2. The molecule has 6 rings (SSSR count). The number of aromatic amines is 1. The Balaban J connectivity index is 1.49. The zero-order chi connectivity index (χ0) is 23.1. The molecule has 0 aliphatic carbocycles. The molecule has 0 spiro atoms. The van der Waals surface area contributed by atoms with Crippen molar-refractivity contribution in [3.63, 3.8) is 0 Å². The molecule has 3 aromatic rings. The van der Waals surface area contributed by atoms with E-state index in [1.54, 1.807) is 18.0 Å². The highest BCUT2D eigenvalue weighted by molar-refractivity contribution is 8.02. The molecule has 0 radical (unpaired) electrons. The molecule has 1 amide bonds. The quantitative estimate of drug-likeness (QED) is 0.563. The summed E-state index contributed by atoms with van der Waals surface area (Å²) in [6.45, 7) is 3.89. The smallest absolute Gasteiger partial charge is 0.298 e. The molecule has 2 aromatic heterocycles. The van der Waals surface area contributed by atoms with Gasteiger partial charge < -0.3 is 24.9 Å². The number of amides is 1. The zero-order valence-electron chi connectivity index (χ0n) is 19.1. The van der Waals surface area contributed by atoms with Crippen molar-refractivity contribution in [3.05, 3.63) is 41.2 Å². The number of nitrogens with two attached hydrogens (primary N) is 1. The topological polar surface area (TPSA) is 108 Å². The van der Waals surface area contributed by atoms with Gasteiger partial charge in [-0.25, -0.2) is 0 Å². The van der Waals surface area contributed by atoms with Gasteiger partial charge in [0.05, 0.1) is 17.6 Å². The third kappa shape index (κ3) is 3.79. The van der Waals surface area contributed by atoms with Crippen LogP contribution in [0.2, 0.25) is 0 Å². The maximum absolute atomic E-state index is 12.5. The van der Waals surface area contributed by atoms with Crippen molar-refractivity contribution >= 4 is 46.2 Å². The largest absolute Gasteiger partial charge is 0.423 e. The van der Waals surface area contributed by atoms with Gasteiger partial charge in [0.1, 0.15) is 16.6 Å². The number of nitrogens with zero attached hydrogens (tertiary/aromatic N) is 5. The lowest BCUT2D eigenvalue weighted by Gasteiger charge is -2.35. The highest BCUT2D eigenvalue weighted by Gasteiger charge is 2.36. The number of anilines is 3. The Morgan fingerprint density at radius 1 is 1.03 bits per heavy atom. The summed E-state index contributed by atoms with van der Waals surface area (Å²) in [7, 11) is 0. The van der Waals surface area contributed by atoms with Crippen LogP contribution in [0.1, 0.15) is 49.5 Å². The normalized spacial score (nSPS) is 21.4. The number of thioether (sulfide) groups is 1. The number of nitrogens with one attached hydrogen (secondary N) is 1. The molecule has 3 aliphatic rings. The maximum Gasteiger partial charge on any atom is 0.298 e. The molecular formula is C24H29N7O2S. The fourth-order valence-corrected chi connectivity index (χ4v) is 6.29. The Morgan fingerprint density at radius 2 is 1.76 bits per heavy atom. The number of oxazole rings is 1. The molecule has 1 aromatic carbocycles. The summed E-state index contributed by atoms with van der Waals surface area (Å²) >= 11 is 1.56. The Labute approximate surface area is 202 Å². The first-order valence-electron chi connectivity index (χ1n) is 12.1. The number of aromatic nitrogens is 3. The minimum Gasteiger partial charge on any atom is -0.423 e. The number of benzene rings is 1. The first kappa shape index (κ1) is 21.4. The van der Waals surface area contributed by atoms with Gasteiger partial charge in [0.15, 0.2) is 5.58 Å². The van der Waals surface area contributed by atoms with E-state index >= 15 is 0 Å². The summed E-state index contributed by atoms with van der Waals surface area (Å²) in [4.78, 5) is 24.0. The number of hydrogen-bond acceptors (Lipinski definition) is 8. The predicted octanol–water partition coefficient (Wildman–Crippen LogP) is 4.11. The fraction of sp³-hybridized carbons (Fsp3) is 0.458. The Kier molecular flexibility index (Phi) is 5.60. The van der Waals surface area contributed by atoms with Crippen LogP contribution >= 0.6 is 11.8 Å². The Morgan fingerprint density at radius 3 is 2.44 bits per heavy atom. The lowest BCUT2D eigenvalue weighted by molar-refractivity contribution is -0.114. The van der Waals surface area contributed by atoms with E-state index in [9.17, 15) is 4.79 Å². The molecule has 3 aliphatic heterocycles. The zero-order valence-corrected chi connectivity index (χ0v) is 19.9. The molecule has 10 heteroatoms. The van der Waals surface area contributed by atoms with Gasteiger partial charge >= 0.3 is 0 Å². The molecule has 0 bridgehead atoms. The summed E-state index contributed by atoms with van der Waals surface area (Å²) in [6.07, 6.45) is 10.8. The minimum absolute atomic E-state index is 0.147. The van der Waals surface area contributed by atoms with Gasteiger partial charge in [-0.1, -0.05) is 0 Å². The van der Waals surface area contributed by atoms with Crippen molar-refractivity contribution in [2.24, 2.45) is 5.73 Å². The number of H-pyrrole nitrogens is 1. The highest BCUT2D eigenvalue weighted by atomic mass is 32.2. The monoisotopic (exact) mass is 479 g/mol. The Hall–Kier alpha value is -3.14. The molecule has 1 unspecified atom stereocenters. The van der Waals surface area contributed by atoms with Gasteiger partial charge in [-0.2, -0.15) is 10.1 Å². The lowest BCUT2D eigenvalue weighted by atomic mass is 10.1. The van der Waals surface area contributed by atoms with E-state index in [0.717, 1.165) is 79.9 Å². The number of carbonyl (C=O) groups excluding carboxylic acids is 1. The molecule has 3 N–H and O–H groups in total. The van der Waals surface area contributed by atoms with Crippen LogP contribution in [-0.4, -0.2) is 47.3 Å². The van der Waals surface area contributed by atoms with Gasteiger partial charge in [-0.3, -0.25) is 9.89 Å². The summed E-state index contributed by atoms with van der Waals surface area (Å²) in [5.74, 6) is -0.449. The van der Waals surface area contributed by atoms with Crippen LogP contribution in [0.4, 0.5) is 17.4 Å². The van der Waals surface area contributed by atoms with E-state index in [4.69, 9.17) is 15.1 Å². The molecule has 2 saturated heterocycles. The van der Waals surface area contributed by atoms with Crippen LogP contribution in [0.25, 0.3) is 11.1 Å². The molecule has 5 heterocycles. The van der Waals surface area contributed by atoms with Crippen LogP contribution in [0.3, 0.4) is 0 Å². The predicted molar refractivity (Wildman–Crippen MR) is 135 cm³/mol. The average molecular weight is 480 g/mol. The van der Waals surface area contributed by atoms with Crippen molar-refractivity contribution in [1.82, 2.24) is 15.2 Å². The highest BCUT2D eigenvalue weighted by Crippen LogP contribution is 2.49. The van der Waals surface area contributed by atoms with E-state index in [0.29, 0.717) is 11.7 Å². The standard InChI is InChI=1S/C24H29N7O2S/c25-22(32)20-15-34-23(16-13-26-27-14-16)31(20)19-12-21-17(11-18(19)29-7-3-1-4-8-29)28-24(33-21)30-9-5-2-6-10-30/h11-15,23H,1-10H2,(H2,25,32)(H,26,27). The molecule has 178 valence electrons. The maximum atomic E-state index is 12.5. The van der Waals surface area contributed by atoms with Crippen molar-refractivity contribution in [2.75, 3.05) is 40.9 Å². The number of rotatable bonds is 5. The van der Waals surface area contributed by atoms with Crippen molar-refractivity contribution in [1.29, 1.82) is 0 Å². The summed E-state index contributed by atoms with van der Waals surface area (Å²) in [6, 6.07) is 4.85. The van der Waals surface area contributed by atoms with E-state index < -0.39 is 5.91 Å². The van der Waals surface area contributed by atoms with Crippen LogP contribution < -0.4 is 20.4 Å². The third-order valence-electron chi connectivity index (χ3n) is 6.92. The van der Waals surface area contributed by atoms with Gasteiger partial charge in [-0.15, -0.1) is 11.8 Å². The number of primary amides is 1. The first-order valence-corrected chi connectivity index (χ1v) is 13.0. The molecule has 9 nitrogen and oxygen atoms in total.